The van der Waals surface area contributed by atoms with Gasteiger partial charge in [0.05, 0.1) is 17.3 Å². The predicted octanol–water partition coefficient (Wildman–Crippen LogP) is 4.08. The second kappa shape index (κ2) is 6.44. The number of guanidine groups is 1. The summed E-state index contributed by atoms with van der Waals surface area (Å²) in [7, 11) is 1.83. The Hall–Kier alpha value is -1.33. The van der Waals surface area contributed by atoms with E-state index in [-0.39, 0.29) is 5.54 Å². The number of nitrogens with two attached hydrogens (primary N) is 1. The summed E-state index contributed by atoms with van der Waals surface area (Å²) in [5.74, 6) is 0.668. The first-order valence-corrected chi connectivity index (χ1v) is 10.1. The van der Waals surface area contributed by atoms with Crippen molar-refractivity contribution < 1.29 is 4.74 Å². The molecule has 1 saturated carbocycles. The number of benzene rings is 1. The minimum atomic E-state index is -0.177. The van der Waals surface area contributed by atoms with Gasteiger partial charge in [-0.2, -0.15) is 0 Å². The lowest BCUT2D eigenvalue weighted by Crippen LogP contribution is -2.50. The molecular weight excluding hydrogens is 378 g/mol. The van der Waals surface area contributed by atoms with E-state index in [0.29, 0.717) is 12.1 Å². The van der Waals surface area contributed by atoms with Crippen LogP contribution in [-0.2, 0) is 11.2 Å². The first kappa shape index (κ1) is 17.1. The van der Waals surface area contributed by atoms with Crippen molar-refractivity contribution in [3.8, 4) is 0 Å². The molecule has 2 bridgehead atoms. The van der Waals surface area contributed by atoms with E-state index in [1.165, 1.54) is 22.4 Å². The standard InChI is InChI=1S/C20H26BrN3O/c1-3-24-18-16-11-14(21)8-7-13(16)12-20(23-19(24)22)10-9-15(25-2)5-4-6-17(18)20/h7-8,11,15H,3-6,9-10,12H2,1-2H3,(H2,22,23). The van der Waals surface area contributed by atoms with Crippen LogP contribution in [0, 0.1) is 0 Å². The lowest BCUT2D eigenvalue weighted by Gasteiger charge is -2.47. The molecule has 25 heavy (non-hydrogen) atoms. The second-order valence-electron chi connectivity index (χ2n) is 7.34. The summed E-state index contributed by atoms with van der Waals surface area (Å²) in [6.45, 7) is 3.00. The summed E-state index contributed by atoms with van der Waals surface area (Å²) < 4.78 is 6.80. The molecule has 2 unspecified atom stereocenters. The maximum absolute atomic E-state index is 6.43. The van der Waals surface area contributed by atoms with Gasteiger partial charge in [0.2, 0.25) is 0 Å². The highest BCUT2D eigenvalue weighted by Gasteiger charge is 2.46. The van der Waals surface area contributed by atoms with Gasteiger partial charge in [-0.3, -0.25) is 0 Å². The van der Waals surface area contributed by atoms with Gasteiger partial charge in [0.15, 0.2) is 5.96 Å². The van der Waals surface area contributed by atoms with E-state index in [2.05, 4.69) is 46.0 Å². The minimum absolute atomic E-state index is 0.177. The maximum Gasteiger partial charge on any atom is 0.196 e. The van der Waals surface area contributed by atoms with Crippen LogP contribution in [0.25, 0.3) is 5.70 Å². The lowest BCUT2D eigenvalue weighted by atomic mass is 9.69. The fourth-order valence-electron chi connectivity index (χ4n) is 4.79. The Kier molecular flexibility index (Phi) is 4.40. The fraction of sp³-hybridized carbons (Fsp3) is 0.550. The Balaban J connectivity index is 1.89. The monoisotopic (exact) mass is 403 g/mol. The average Bonchev–Trinajstić information content (AvgIpc) is 2.57. The Bertz CT molecular complexity index is 757. The SMILES string of the molecule is CCN1C(N)=NC23CCC(OC)CCCC2=C1c1cc(Br)ccc1C3. The lowest BCUT2D eigenvalue weighted by molar-refractivity contribution is 0.0752. The third-order valence-corrected chi connectivity index (χ3v) is 6.51. The molecule has 0 amide bonds. The van der Waals surface area contributed by atoms with Crippen molar-refractivity contribution >= 4 is 27.6 Å². The second-order valence-corrected chi connectivity index (χ2v) is 8.26. The first-order chi connectivity index (χ1) is 12.1. The molecule has 1 heterocycles. The van der Waals surface area contributed by atoms with Crippen molar-refractivity contribution in [1.82, 2.24) is 4.90 Å². The number of hydrogen-bond donors (Lipinski definition) is 1. The smallest absolute Gasteiger partial charge is 0.196 e. The fourth-order valence-corrected chi connectivity index (χ4v) is 5.15. The quantitative estimate of drug-likeness (QED) is 0.808. The molecule has 0 saturated heterocycles. The number of ether oxygens (including phenoxy) is 1. The Morgan fingerprint density at radius 3 is 3.00 bits per heavy atom. The number of nitrogens with zero attached hydrogens (tertiary/aromatic N) is 2. The first-order valence-electron chi connectivity index (χ1n) is 9.26. The van der Waals surface area contributed by atoms with E-state index in [4.69, 9.17) is 15.5 Å². The predicted molar refractivity (Wildman–Crippen MR) is 105 cm³/mol. The van der Waals surface area contributed by atoms with Gasteiger partial charge in [0.25, 0.3) is 0 Å². The number of rotatable bonds is 2. The van der Waals surface area contributed by atoms with Gasteiger partial charge in [0, 0.05) is 30.1 Å². The molecule has 4 nitrogen and oxygen atoms in total. The zero-order valence-corrected chi connectivity index (χ0v) is 16.6. The van der Waals surface area contributed by atoms with E-state index < -0.39 is 0 Å². The summed E-state index contributed by atoms with van der Waals surface area (Å²) in [6.07, 6.45) is 6.69. The molecule has 1 aromatic carbocycles. The van der Waals surface area contributed by atoms with Gasteiger partial charge in [-0.15, -0.1) is 0 Å². The topological polar surface area (TPSA) is 50.8 Å². The zero-order chi connectivity index (χ0) is 17.6. The van der Waals surface area contributed by atoms with Crippen LogP contribution in [0.15, 0.2) is 33.2 Å². The molecule has 1 fully saturated rings. The highest BCUT2D eigenvalue weighted by atomic mass is 79.9. The summed E-state index contributed by atoms with van der Waals surface area (Å²) >= 11 is 3.65. The zero-order valence-electron chi connectivity index (χ0n) is 15.0. The molecule has 1 aromatic rings. The number of hydrogen-bond acceptors (Lipinski definition) is 4. The Labute approximate surface area is 158 Å². The van der Waals surface area contributed by atoms with E-state index >= 15 is 0 Å². The van der Waals surface area contributed by atoms with Crippen molar-refractivity contribution in [1.29, 1.82) is 0 Å². The Morgan fingerprint density at radius 2 is 2.24 bits per heavy atom. The van der Waals surface area contributed by atoms with Crippen LogP contribution in [0.4, 0.5) is 0 Å². The van der Waals surface area contributed by atoms with E-state index in [9.17, 15) is 0 Å². The summed E-state index contributed by atoms with van der Waals surface area (Å²) in [4.78, 5) is 7.30. The average molecular weight is 404 g/mol. The molecule has 3 aliphatic rings. The van der Waals surface area contributed by atoms with Gasteiger partial charge in [-0.25, -0.2) is 4.99 Å². The molecule has 0 radical (unpaired) electrons. The van der Waals surface area contributed by atoms with Crippen molar-refractivity contribution in [2.75, 3.05) is 13.7 Å². The number of aliphatic imine (C=N–C) groups is 1. The molecule has 1 aliphatic heterocycles. The highest BCUT2D eigenvalue weighted by molar-refractivity contribution is 9.10. The van der Waals surface area contributed by atoms with E-state index in [1.54, 1.807) is 0 Å². The van der Waals surface area contributed by atoms with Gasteiger partial charge < -0.3 is 15.4 Å². The summed E-state index contributed by atoms with van der Waals surface area (Å²) in [6, 6.07) is 6.63. The van der Waals surface area contributed by atoms with Crippen LogP contribution in [0.3, 0.4) is 0 Å². The van der Waals surface area contributed by atoms with Crippen LogP contribution < -0.4 is 5.73 Å². The summed E-state index contributed by atoms with van der Waals surface area (Å²) in [5, 5.41) is 0. The van der Waals surface area contributed by atoms with Crippen LogP contribution in [-0.4, -0.2) is 36.2 Å². The van der Waals surface area contributed by atoms with Crippen molar-refractivity contribution in [2.45, 2.75) is 57.1 Å². The molecule has 0 aromatic heterocycles. The van der Waals surface area contributed by atoms with Crippen LogP contribution >= 0.6 is 15.9 Å². The molecule has 134 valence electrons. The molecule has 2 aliphatic carbocycles. The molecular formula is C20H26BrN3O. The van der Waals surface area contributed by atoms with Crippen molar-refractivity contribution in [2.24, 2.45) is 10.7 Å². The number of fused-ring (bicyclic) bond motifs is 2. The number of halogens is 1. The van der Waals surface area contributed by atoms with Gasteiger partial charge in [-0.05, 0) is 62.3 Å². The Morgan fingerprint density at radius 1 is 1.40 bits per heavy atom. The maximum atomic E-state index is 6.43. The van der Waals surface area contributed by atoms with Crippen molar-refractivity contribution in [3.63, 3.8) is 0 Å². The van der Waals surface area contributed by atoms with Crippen LogP contribution in [0.2, 0.25) is 0 Å². The van der Waals surface area contributed by atoms with Crippen LogP contribution in [0.5, 0.6) is 0 Å². The molecule has 4 rings (SSSR count). The third kappa shape index (κ3) is 2.72. The molecule has 2 atom stereocenters. The van der Waals surface area contributed by atoms with E-state index in [0.717, 1.165) is 49.5 Å². The summed E-state index contributed by atoms with van der Waals surface area (Å²) in [5.41, 5.74) is 11.8. The van der Waals surface area contributed by atoms with Gasteiger partial charge >= 0.3 is 0 Å². The molecule has 0 spiro atoms. The highest BCUT2D eigenvalue weighted by Crippen LogP contribution is 2.49. The molecule has 2 N–H and O–H groups in total. The number of methoxy groups -OCH3 is 1. The molecule has 5 heteroatoms. The third-order valence-electron chi connectivity index (χ3n) is 6.01. The van der Waals surface area contributed by atoms with Crippen LogP contribution in [0.1, 0.15) is 50.2 Å². The van der Waals surface area contributed by atoms with Crippen molar-refractivity contribution in [3.05, 3.63) is 39.4 Å². The normalized spacial score (nSPS) is 28.7. The van der Waals surface area contributed by atoms with Gasteiger partial charge in [0.1, 0.15) is 0 Å². The van der Waals surface area contributed by atoms with Gasteiger partial charge in [-0.1, -0.05) is 22.0 Å². The van der Waals surface area contributed by atoms with E-state index in [1.807, 2.05) is 7.11 Å². The largest absolute Gasteiger partial charge is 0.381 e. The minimum Gasteiger partial charge on any atom is -0.381 e.